The summed E-state index contributed by atoms with van der Waals surface area (Å²) >= 11 is 0. The van der Waals surface area contributed by atoms with E-state index in [0.717, 1.165) is 16.8 Å². The maximum Gasteiger partial charge on any atom is 0.220 e. The smallest absolute Gasteiger partial charge is 0.220 e. The maximum absolute atomic E-state index is 11.8. The molecule has 2 rings (SSSR count). The Morgan fingerprint density at radius 2 is 2.10 bits per heavy atom. The number of aryl methyl sites for hydroxylation is 1. The van der Waals surface area contributed by atoms with Crippen molar-refractivity contribution in [1.29, 1.82) is 0 Å². The first-order valence-electron chi connectivity index (χ1n) is 6.78. The van der Waals surface area contributed by atoms with E-state index in [1.807, 2.05) is 30.3 Å². The van der Waals surface area contributed by atoms with Crippen LogP contribution in [-0.4, -0.2) is 18.0 Å². The number of nitrogens with one attached hydrogen (secondary N) is 1. The molecule has 0 bridgehead atoms. The number of methoxy groups -OCH3 is 1. The van der Waals surface area contributed by atoms with Gasteiger partial charge in [-0.15, -0.1) is 0 Å². The van der Waals surface area contributed by atoms with E-state index in [4.69, 9.17) is 10.5 Å². The van der Waals surface area contributed by atoms with Crippen molar-refractivity contribution in [2.75, 3.05) is 12.8 Å². The molecule has 2 aromatic rings. The number of ether oxygens (including phenoxy) is 1. The predicted octanol–water partition coefficient (Wildman–Crippen LogP) is 1.92. The molecule has 0 aliphatic carbocycles. The lowest BCUT2D eigenvalue weighted by molar-refractivity contribution is -0.121. The third kappa shape index (κ3) is 4.49. The van der Waals surface area contributed by atoms with Crippen LogP contribution < -0.4 is 15.8 Å². The zero-order valence-electron chi connectivity index (χ0n) is 12.0. The number of nitrogens with two attached hydrogens (primary N) is 1. The second kappa shape index (κ2) is 7.28. The Bertz CT molecular complexity index is 597. The number of hydrogen-bond donors (Lipinski definition) is 2. The molecule has 0 radical (unpaired) electrons. The zero-order chi connectivity index (χ0) is 15.1. The van der Waals surface area contributed by atoms with Crippen LogP contribution in [0.3, 0.4) is 0 Å². The third-order valence-corrected chi connectivity index (χ3v) is 3.17. The van der Waals surface area contributed by atoms with E-state index < -0.39 is 0 Å². The molecule has 5 nitrogen and oxygen atoms in total. The van der Waals surface area contributed by atoms with Gasteiger partial charge in [-0.1, -0.05) is 24.3 Å². The van der Waals surface area contributed by atoms with Crippen LogP contribution in [-0.2, 0) is 17.8 Å². The summed E-state index contributed by atoms with van der Waals surface area (Å²) < 4.78 is 4.98. The Labute approximate surface area is 124 Å². The SMILES string of the molecule is COc1ccc(CNC(=O)CCc2ccccc2N)cn1. The number of benzene rings is 1. The molecule has 0 aliphatic rings. The number of nitrogen functional groups attached to an aromatic ring is 1. The standard InChI is InChI=1S/C16H19N3O2/c1-21-16-9-6-12(11-19-16)10-18-15(20)8-7-13-4-2-3-5-14(13)17/h2-6,9,11H,7-8,10,17H2,1H3,(H,18,20). The summed E-state index contributed by atoms with van der Waals surface area (Å²) in [5, 5.41) is 2.87. The predicted molar refractivity (Wildman–Crippen MR) is 81.8 cm³/mol. The summed E-state index contributed by atoms with van der Waals surface area (Å²) in [7, 11) is 1.57. The normalized spacial score (nSPS) is 10.1. The number of aromatic nitrogens is 1. The van der Waals surface area contributed by atoms with Crippen molar-refractivity contribution in [1.82, 2.24) is 10.3 Å². The fraction of sp³-hybridized carbons (Fsp3) is 0.250. The summed E-state index contributed by atoms with van der Waals surface area (Å²) in [5.74, 6) is 0.554. The Kier molecular flexibility index (Phi) is 5.15. The van der Waals surface area contributed by atoms with Gasteiger partial charge >= 0.3 is 0 Å². The topological polar surface area (TPSA) is 77.2 Å². The Hall–Kier alpha value is -2.56. The van der Waals surface area contributed by atoms with E-state index in [-0.39, 0.29) is 5.91 Å². The molecule has 0 saturated carbocycles. The van der Waals surface area contributed by atoms with Gasteiger partial charge in [-0.05, 0) is 23.6 Å². The van der Waals surface area contributed by atoms with Gasteiger partial charge in [-0.3, -0.25) is 4.79 Å². The van der Waals surface area contributed by atoms with Gasteiger partial charge in [0.25, 0.3) is 0 Å². The van der Waals surface area contributed by atoms with E-state index in [2.05, 4.69) is 10.3 Å². The molecule has 0 saturated heterocycles. The van der Waals surface area contributed by atoms with E-state index in [1.165, 1.54) is 0 Å². The largest absolute Gasteiger partial charge is 0.481 e. The molecular weight excluding hydrogens is 266 g/mol. The monoisotopic (exact) mass is 285 g/mol. The molecule has 1 aromatic carbocycles. The van der Waals surface area contributed by atoms with Crippen molar-refractivity contribution in [3.63, 3.8) is 0 Å². The highest BCUT2D eigenvalue weighted by molar-refractivity contribution is 5.76. The molecule has 0 atom stereocenters. The van der Waals surface area contributed by atoms with Crippen LogP contribution in [0, 0.1) is 0 Å². The van der Waals surface area contributed by atoms with Gasteiger partial charge in [0.2, 0.25) is 11.8 Å². The van der Waals surface area contributed by atoms with Crippen LogP contribution in [0.5, 0.6) is 5.88 Å². The fourth-order valence-corrected chi connectivity index (χ4v) is 1.94. The molecule has 1 aromatic heterocycles. The lowest BCUT2D eigenvalue weighted by Gasteiger charge is -2.07. The highest BCUT2D eigenvalue weighted by atomic mass is 16.5. The average Bonchev–Trinajstić information content (AvgIpc) is 2.52. The number of hydrogen-bond acceptors (Lipinski definition) is 4. The maximum atomic E-state index is 11.8. The number of para-hydroxylation sites is 1. The second-order valence-electron chi connectivity index (χ2n) is 4.68. The fourth-order valence-electron chi connectivity index (χ4n) is 1.94. The number of nitrogens with zero attached hydrogens (tertiary/aromatic N) is 1. The van der Waals surface area contributed by atoms with Gasteiger partial charge in [0.15, 0.2) is 0 Å². The summed E-state index contributed by atoms with van der Waals surface area (Å²) in [6.07, 6.45) is 2.74. The first kappa shape index (κ1) is 14.8. The van der Waals surface area contributed by atoms with Crippen molar-refractivity contribution < 1.29 is 9.53 Å². The number of carbonyl (C=O) groups is 1. The molecule has 0 fully saturated rings. The molecule has 0 aliphatic heterocycles. The van der Waals surface area contributed by atoms with Gasteiger partial charge in [0, 0.05) is 30.9 Å². The highest BCUT2D eigenvalue weighted by Gasteiger charge is 2.04. The molecule has 21 heavy (non-hydrogen) atoms. The van der Waals surface area contributed by atoms with Crippen LogP contribution >= 0.6 is 0 Å². The summed E-state index contributed by atoms with van der Waals surface area (Å²) in [5.41, 5.74) is 8.51. The van der Waals surface area contributed by atoms with Crippen molar-refractivity contribution in [2.45, 2.75) is 19.4 Å². The quantitative estimate of drug-likeness (QED) is 0.795. The molecule has 1 amide bonds. The minimum atomic E-state index is -0.00549. The first-order chi connectivity index (χ1) is 10.2. The number of anilines is 1. The minimum absolute atomic E-state index is 0.00549. The molecule has 3 N–H and O–H groups in total. The first-order valence-corrected chi connectivity index (χ1v) is 6.78. The lowest BCUT2D eigenvalue weighted by Crippen LogP contribution is -2.23. The summed E-state index contributed by atoms with van der Waals surface area (Å²) in [6.45, 7) is 0.458. The Morgan fingerprint density at radius 3 is 2.76 bits per heavy atom. The lowest BCUT2D eigenvalue weighted by atomic mass is 10.1. The van der Waals surface area contributed by atoms with Crippen LogP contribution in [0.4, 0.5) is 5.69 Å². The highest BCUT2D eigenvalue weighted by Crippen LogP contribution is 2.12. The van der Waals surface area contributed by atoms with E-state index in [1.54, 1.807) is 19.4 Å². The number of amides is 1. The van der Waals surface area contributed by atoms with Gasteiger partial charge in [0.05, 0.1) is 7.11 Å². The van der Waals surface area contributed by atoms with E-state index in [9.17, 15) is 4.79 Å². The molecule has 5 heteroatoms. The average molecular weight is 285 g/mol. The summed E-state index contributed by atoms with van der Waals surface area (Å²) in [4.78, 5) is 15.9. The van der Waals surface area contributed by atoms with Crippen LogP contribution in [0.25, 0.3) is 0 Å². The van der Waals surface area contributed by atoms with E-state index in [0.29, 0.717) is 25.3 Å². The molecule has 0 unspecified atom stereocenters. The van der Waals surface area contributed by atoms with Crippen LogP contribution in [0.2, 0.25) is 0 Å². The second-order valence-corrected chi connectivity index (χ2v) is 4.68. The molecule has 0 spiro atoms. The Balaban J connectivity index is 1.78. The third-order valence-electron chi connectivity index (χ3n) is 3.17. The summed E-state index contributed by atoms with van der Waals surface area (Å²) in [6, 6.07) is 11.2. The Morgan fingerprint density at radius 1 is 1.29 bits per heavy atom. The van der Waals surface area contributed by atoms with Crippen LogP contribution in [0.1, 0.15) is 17.5 Å². The van der Waals surface area contributed by atoms with Crippen molar-refractivity contribution in [3.8, 4) is 5.88 Å². The molecular formula is C16H19N3O2. The number of carbonyl (C=O) groups excluding carboxylic acids is 1. The van der Waals surface area contributed by atoms with Gasteiger partial charge in [-0.25, -0.2) is 4.98 Å². The molecule has 1 heterocycles. The van der Waals surface area contributed by atoms with Crippen molar-refractivity contribution in [3.05, 3.63) is 53.7 Å². The van der Waals surface area contributed by atoms with Crippen molar-refractivity contribution >= 4 is 11.6 Å². The number of pyridine rings is 1. The van der Waals surface area contributed by atoms with Gasteiger partial charge < -0.3 is 15.8 Å². The van der Waals surface area contributed by atoms with Crippen molar-refractivity contribution in [2.24, 2.45) is 0 Å². The number of rotatable bonds is 6. The van der Waals surface area contributed by atoms with Gasteiger partial charge in [-0.2, -0.15) is 0 Å². The minimum Gasteiger partial charge on any atom is -0.481 e. The zero-order valence-corrected chi connectivity index (χ0v) is 12.0. The molecule has 110 valence electrons. The van der Waals surface area contributed by atoms with Crippen LogP contribution in [0.15, 0.2) is 42.6 Å². The van der Waals surface area contributed by atoms with E-state index >= 15 is 0 Å². The van der Waals surface area contributed by atoms with Gasteiger partial charge in [0.1, 0.15) is 0 Å².